The first kappa shape index (κ1) is 17.3. The fraction of sp³-hybridized carbons (Fsp3) is 0.500. The standard InChI is InChI=1S/C18H24N4O3/c1-2-9-21-14-5-3-4-6-15(14)22(18(21)25)12-16(23)20-10-7-13(8-11-20)17(19)24/h3-6,13H,2,7-12H2,1H3,(H2,19,24). The molecule has 2 N–H and O–H groups in total. The number of carbonyl (C=O) groups excluding carboxylic acids is 2. The lowest BCUT2D eigenvalue weighted by atomic mass is 9.96. The molecule has 0 bridgehead atoms. The van der Waals surface area contributed by atoms with Gasteiger partial charge in [0.15, 0.2) is 0 Å². The maximum Gasteiger partial charge on any atom is 0.329 e. The summed E-state index contributed by atoms with van der Waals surface area (Å²) in [5.74, 6) is -0.548. The third-order valence-corrected chi connectivity index (χ3v) is 4.92. The highest BCUT2D eigenvalue weighted by atomic mass is 16.2. The van der Waals surface area contributed by atoms with Crippen molar-refractivity contribution in [3.8, 4) is 0 Å². The SMILES string of the molecule is CCCn1c(=O)n(CC(=O)N2CCC(C(N)=O)CC2)c2ccccc21. The molecule has 7 nitrogen and oxygen atoms in total. The molecule has 7 heteroatoms. The normalized spacial score (nSPS) is 15.6. The van der Waals surface area contributed by atoms with Crippen molar-refractivity contribution in [3.63, 3.8) is 0 Å². The van der Waals surface area contributed by atoms with Gasteiger partial charge >= 0.3 is 5.69 Å². The van der Waals surface area contributed by atoms with Crippen molar-refractivity contribution in [2.24, 2.45) is 11.7 Å². The minimum atomic E-state index is -0.300. The third kappa shape index (κ3) is 3.31. The Balaban J connectivity index is 1.81. The Kier molecular flexibility index (Phi) is 4.92. The summed E-state index contributed by atoms with van der Waals surface area (Å²) in [6.07, 6.45) is 2.03. The topological polar surface area (TPSA) is 90.3 Å². The van der Waals surface area contributed by atoms with Crippen molar-refractivity contribution < 1.29 is 9.59 Å². The zero-order valence-corrected chi connectivity index (χ0v) is 14.5. The number of benzene rings is 1. The fourth-order valence-electron chi connectivity index (χ4n) is 3.51. The van der Waals surface area contributed by atoms with Crippen LogP contribution in [0.25, 0.3) is 11.0 Å². The zero-order valence-electron chi connectivity index (χ0n) is 14.5. The van der Waals surface area contributed by atoms with Crippen LogP contribution in [0.5, 0.6) is 0 Å². The number of para-hydroxylation sites is 2. The molecule has 1 aliphatic rings. The second kappa shape index (κ2) is 7.13. The minimum absolute atomic E-state index is 0.0251. The van der Waals surface area contributed by atoms with E-state index >= 15 is 0 Å². The maximum atomic E-state index is 12.7. The number of nitrogens with zero attached hydrogens (tertiary/aromatic N) is 3. The van der Waals surface area contributed by atoms with Gasteiger partial charge in [0.05, 0.1) is 11.0 Å². The molecule has 1 aromatic carbocycles. The number of carbonyl (C=O) groups is 2. The number of fused-ring (bicyclic) bond motifs is 1. The van der Waals surface area contributed by atoms with Crippen LogP contribution < -0.4 is 11.4 Å². The molecule has 134 valence electrons. The van der Waals surface area contributed by atoms with Crippen LogP contribution in [0.1, 0.15) is 26.2 Å². The van der Waals surface area contributed by atoms with Crippen molar-refractivity contribution in [1.82, 2.24) is 14.0 Å². The van der Waals surface area contributed by atoms with Gasteiger partial charge in [-0.2, -0.15) is 0 Å². The highest BCUT2D eigenvalue weighted by Crippen LogP contribution is 2.18. The van der Waals surface area contributed by atoms with Crippen LogP contribution >= 0.6 is 0 Å². The predicted molar refractivity (Wildman–Crippen MR) is 95.0 cm³/mol. The molecule has 1 aliphatic heterocycles. The number of primary amides is 1. The van der Waals surface area contributed by atoms with Crippen LogP contribution in [0.4, 0.5) is 0 Å². The lowest BCUT2D eigenvalue weighted by Crippen LogP contribution is -2.43. The van der Waals surface area contributed by atoms with E-state index in [0.717, 1.165) is 17.5 Å². The Bertz CT molecular complexity index is 844. The van der Waals surface area contributed by atoms with Crippen molar-refractivity contribution in [3.05, 3.63) is 34.7 Å². The van der Waals surface area contributed by atoms with Crippen molar-refractivity contribution in [2.75, 3.05) is 13.1 Å². The van der Waals surface area contributed by atoms with Crippen LogP contribution in [0, 0.1) is 5.92 Å². The van der Waals surface area contributed by atoms with E-state index in [1.54, 1.807) is 14.0 Å². The van der Waals surface area contributed by atoms with Crippen LogP contribution in [0.15, 0.2) is 29.1 Å². The van der Waals surface area contributed by atoms with E-state index in [2.05, 4.69) is 0 Å². The molecule has 3 rings (SSSR count). The van der Waals surface area contributed by atoms with Gasteiger partial charge in [0.2, 0.25) is 11.8 Å². The summed E-state index contributed by atoms with van der Waals surface area (Å²) in [6.45, 7) is 3.69. The average Bonchev–Trinajstić information content (AvgIpc) is 2.88. The molecular weight excluding hydrogens is 320 g/mol. The van der Waals surface area contributed by atoms with Gasteiger partial charge < -0.3 is 10.6 Å². The summed E-state index contributed by atoms with van der Waals surface area (Å²) in [5.41, 5.74) is 6.82. The molecule has 0 atom stereocenters. The quantitative estimate of drug-likeness (QED) is 0.875. The molecule has 0 saturated carbocycles. The summed E-state index contributed by atoms with van der Waals surface area (Å²) in [5, 5.41) is 0. The summed E-state index contributed by atoms with van der Waals surface area (Å²) in [4.78, 5) is 38.3. The molecule has 0 aliphatic carbocycles. The molecule has 1 fully saturated rings. The highest BCUT2D eigenvalue weighted by molar-refractivity contribution is 5.81. The zero-order chi connectivity index (χ0) is 18.0. The number of imidazole rings is 1. The van der Waals surface area contributed by atoms with Gasteiger partial charge in [-0.1, -0.05) is 19.1 Å². The monoisotopic (exact) mass is 344 g/mol. The molecule has 1 saturated heterocycles. The summed E-state index contributed by atoms with van der Waals surface area (Å²) < 4.78 is 3.27. The van der Waals surface area contributed by atoms with Crippen LogP contribution in [0.3, 0.4) is 0 Å². The molecule has 1 aromatic heterocycles. The van der Waals surface area contributed by atoms with E-state index in [4.69, 9.17) is 5.73 Å². The van der Waals surface area contributed by atoms with E-state index in [9.17, 15) is 14.4 Å². The second-order valence-corrected chi connectivity index (χ2v) is 6.57. The minimum Gasteiger partial charge on any atom is -0.369 e. The largest absolute Gasteiger partial charge is 0.369 e. The second-order valence-electron chi connectivity index (χ2n) is 6.57. The van der Waals surface area contributed by atoms with E-state index in [1.165, 1.54) is 0 Å². The molecule has 2 aromatic rings. The molecule has 25 heavy (non-hydrogen) atoms. The molecule has 0 unspecified atom stereocenters. The van der Waals surface area contributed by atoms with Crippen LogP contribution in [-0.2, 0) is 22.7 Å². The molecule has 0 radical (unpaired) electrons. The first-order valence-electron chi connectivity index (χ1n) is 8.78. The third-order valence-electron chi connectivity index (χ3n) is 4.92. The fourth-order valence-corrected chi connectivity index (χ4v) is 3.51. The Morgan fingerprint density at radius 1 is 1.12 bits per heavy atom. The number of nitrogens with two attached hydrogens (primary N) is 1. The Labute approximate surface area is 146 Å². The van der Waals surface area contributed by atoms with E-state index in [1.807, 2.05) is 31.2 Å². The average molecular weight is 344 g/mol. The van der Waals surface area contributed by atoms with Crippen molar-refractivity contribution >= 4 is 22.8 Å². The number of aryl methyl sites for hydroxylation is 1. The molecular formula is C18H24N4O3. The summed E-state index contributed by atoms with van der Waals surface area (Å²) in [7, 11) is 0. The smallest absolute Gasteiger partial charge is 0.329 e. The number of hydrogen-bond acceptors (Lipinski definition) is 3. The first-order valence-corrected chi connectivity index (χ1v) is 8.78. The number of hydrogen-bond donors (Lipinski definition) is 1. The summed E-state index contributed by atoms with van der Waals surface area (Å²) >= 11 is 0. The van der Waals surface area contributed by atoms with Crippen molar-refractivity contribution in [1.29, 1.82) is 0 Å². The van der Waals surface area contributed by atoms with E-state index in [0.29, 0.717) is 32.5 Å². The van der Waals surface area contributed by atoms with E-state index < -0.39 is 0 Å². The molecule has 2 amide bonds. The van der Waals surface area contributed by atoms with Gasteiger partial charge in [-0.15, -0.1) is 0 Å². The Morgan fingerprint density at radius 2 is 1.72 bits per heavy atom. The van der Waals surface area contributed by atoms with Gasteiger partial charge in [0.25, 0.3) is 0 Å². The lowest BCUT2D eigenvalue weighted by molar-refractivity contribution is -0.135. The number of aromatic nitrogens is 2. The lowest BCUT2D eigenvalue weighted by Gasteiger charge is -2.30. The van der Waals surface area contributed by atoms with Gasteiger partial charge in [-0.25, -0.2) is 4.79 Å². The van der Waals surface area contributed by atoms with Gasteiger partial charge in [-0.05, 0) is 31.4 Å². The van der Waals surface area contributed by atoms with Gasteiger partial charge in [0, 0.05) is 25.6 Å². The maximum absolute atomic E-state index is 12.7. The summed E-state index contributed by atoms with van der Waals surface area (Å²) in [6, 6.07) is 7.55. The Morgan fingerprint density at radius 3 is 2.28 bits per heavy atom. The van der Waals surface area contributed by atoms with Crippen LogP contribution in [-0.4, -0.2) is 38.9 Å². The molecule has 0 spiro atoms. The van der Waals surface area contributed by atoms with Crippen LogP contribution in [0.2, 0.25) is 0 Å². The van der Waals surface area contributed by atoms with Crippen molar-refractivity contribution in [2.45, 2.75) is 39.3 Å². The first-order chi connectivity index (χ1) is 12.0. The Hall–Kier alpha value is -2.57. The number of likely N-dealkylation sites (tertiary alicyclic amines) is 1. The van der Waals surface area contributed by atoms with Gasteiger partial charge in [-0.3, -0.25) is 18.7 Å². The van der Waals surface area contributed by atoms with E-state index in [-0.39, 0.29) is 30.0 Å². The number of piperidine rings is 1. The van der Waals surface area contributed by atoms with Gasteiger partial charge in [0.1, 0.15) is 6.54 Å². The number of rotatable bonds is 5. The number of amides is 2. The molecule has 2 heterocycles. The highest BCUT2D eigenvalue weighted by Gasteiger charge is 2.26. The predicted octanol–water partition coefficient (Wildman–Crippen LogP) is 0.937.